The Hall–Kier alpha value is -2.45. The van der Waals surface area contributed by atoms with Crippen LogP contribution < -0.4 is 10.6 Å². The highest BCUT2D eigenvalue weighted by Gasteiger charge is 2.19. The summed E-state index contributed by atoms with van der Waals surface area (Å²) in [6.45, 7) is 6.02. The first-order valence-corrected chi connectivity index (χ1v) is 10.5. The number of hydrogen-bond donors (Lipinski definition) is 2. The minimum atomic E-state index is -0.338. The number of carbonyl (C=O) groups excluding carboxylic acids is 1. The van der Waals surface area contributed by atoms with E-state index in [1.54, 1.807) is 12.1 Å². The number of carbonyl (C=O) groups is 1. The van der Waals surface area contributed by atoms with Crippen molar-refractivity contribution in [3.05, 3.63) is 59.9 Å². The fraction of sp³-hybridized carbons (Fsp3) is 0.250. The zero-order chi connectivity index (χ0) is 20.1. The molecule has 1 atom stereocenters. The first-order valence-electron chi connectivity index (χ1n) is 8.85. The van der Waals surface area contributed by atoms with E-state index in [4.69, 9.17) is 0 Å². The molecule has 0 aliphatic rings. The molecule has 146 valence electrons. The largest absolute Gasteiger partial charge is 0.330 e. The number of nitrogens with zero attached hydrogens (tertiary/aromatic N) is 2. The van der Waals surface area contributed by atoms with Crippen LogP contribution in [-0.2, 0) is 4.79 Å². The average molecular weight is 417 g/mol. The third-order valence-electron chi connectivity index (χ3n) is 3.97. The number of anilines is 3. The first kappa shape index (κ1) is 20.3. The monoisotopic (exact) mass is 416 g/mol. The smallest absolute Gasteiger partial charge is 0.237 e. The van der Waals surface area contributed by atoms with Crippen LogP contribution in [-0.4, -0.2) is 21.4 Å². The molecular formula is C20H21FN4OS2. The van der Waals surface area contributed by atoms with Crippen molar-refractivity contribution in [2.24, 2.45) is 0 Å². The normalized spacial score (nSPS) is 12.0. The fourth-order valence-electron chi connectivity index (χ4n) is 2.55. The number of aromatic nitrogens is 2. The highest BCUT2D eigenvalue weighted by Crippen LogP contribution is 2.31. The van der Waals surface area contributed by atoms with E-state index in [2.05, 4.69) is 34.7 Å². The van der Waals surface area contributed by atoms with Gasteiger partial charge < -0.3 is 10.6 Å². The third kappa shape index (κ3) is 5.30. The van der Waals surface area contributed by atoms with Crippen molar-refractivity contribution < 1.29 is 9.18 Å². The van der Waals surface area contributed by atoms with E-state index in [-0.39, 0.29) is 17.0 Å². The van der Waals surface area contributed by atoms with E-state index >= 15 is 0 Å². The van der Waals surface area contributed by atoms with Crippen molar-refractivity contribution in [2.45, 2.75) is 36.3 Å². The quantitative estimate of drug-likeness (QED) is 0.486. The number of nitrogens with one attached hydrogen (secondary N) is 2. The van der Waals surface area contributed by atoms with E-state index in [1.807, 2.05) is 31.2 Å². The van der Waals surface area contributed by atoms with Gasteiger partial charge in [-0.15, -0.1) is 10.2 Å². The average Bonchev–Trinajstić information content (AvgIpc) is 3.08. The maximum absolute atomic E-state index is 13.3. The third-order valence-corrected chi connectivity index (χ3v) is 5.99. The molecule has 1 aromatic heterocycles. The van der Waals surface area contributed by atoms with Crippen LogP contribution in [0.15, 0.2) is 52.9 Å². The number of amides is 1. The Morgan fingerprint density at radius 3 is 2.64 bits per heavy atom. The van der Waals surface area contributed by atoms with Crippen LogP contribution in [0.5, 0.6) is 0 Å². The number of hydrogen-bond acceptors (Lipinski definition) is 6. The molecule has 2 N–H and O–H groups in total. The predicted octanol–water partition coefficient (Wildman–Crippen LogP) is 5.66. The second-order valence-electron chi connectivity index (χ2n) is 6.50. The van der Waals surface area contributed by atoms with Gasteiger partial charge in [-0.1, -0.05) is 61.2 Å². The standard InChI is InChI=1S/C20H21FN4OS2/c1-12(2)16-9-4-5-10-17(16)23-18(26)13(3)27-20-25-24-19(28-20)22-15-8-6-7-14(21)11-15/h4-13H,1-3H3,(H,22,24)(H,23,26). The molecule has 3 rings (SSSR count). The van der Waals surface area contributed by atoms with Crippen LogP contribution in [0.2, 0.25) is 0 Å². The lowest BCUT2D eigenvalue weighted by molar-refractivity contribution is -0.115. The highest BCUT2D eigenvalue weighted by molar-refractivity contribution is 8.02. The molecule has 8 heteroatoms. The zero-order valence-corrected chi connectivity index (χ0v) is 17.4. The molecule has 28 heavy (non-hydrogen) atoms. The Bertz CT molecular complexity index is 961. The molecule has 2 aromatic carbocycles. The van der Waals surface area contributed by atoms with Gasteiger partial charge in [0.2, 0.25) is 11.0 Å². The summed E-state index contributed by atoms with van der Waals surface area (Å²) >= 11 is 2.66. The minimum Gasteiger partial charge on any atom is -0.330 e. The van der Waals surface area contributed by atoms with Crippen molar-refractivity contribution in [3.63, 3.8) is 0 Å². The summed E-state index contributed by atoms with van der Waals surface area (Å²) < 4.78 is 13.9. The van der Waals surface area contributed by atoms with Crippen molar-refractivity contribution in [1.29, 1.82) is 0 Å². The van der Waals surface area contributed by atoms with Gasteiger partial charge in [-0.25, -0.2) is 4.39 Å². The second kappa shape index (κ2) is 9.16. The van der Waals surface area contributed by atoms with Crippen molar-refractivity contribution in [3.8, 4) is 0 Å². The first-order chi connectivity index (χ1) is 13.4. The molecule has 0 radical (unpaired) electrons. The molecule has 0 saturated heterocycles. The lowest BCUT2D eigenvalue weighted by Gasteiger charge is -2.15. The Balaban J connectivity index is 1.61. The minimum absolute atomic E-state index is 0.0899. The van der Waals surface area contributed by atoms with E-state index in [0.717, 1.165) is 11.3 Å². The number of thioether (sulfide) groups is 1. The Morgan fingerprint density at radius 1 is 1.11 bits per heavy atom. The summed E-state index contributed by atoms with van der Waals surface area (Å²) in [5.41, 5.74) is 2.54. The van der Waals surface area contributed by atoms with E-state index in [0.29, 0.717) is 21.1 Å². The fourth-order valence-corrected chi connectivity index (χ4v) is 4.47. The lowest BCUT2D eigenvalue weighted by Crippen LogP contribution is -2.23. The summed E-state index contributed by atoms with van der Waals surface area (Å²) in [6.07, 6.45) is 0. The van der Waals surface area contributed by atoms with Gasteiger partial charge in [-0.3, -0.25) is 4.79 Å². The van der Waals surface area contributed by atoms with E-state index < -0.39 is 0 Å². The van der Waals surface area contributed by atoms with Gasteiger partial charge >= 0.3 is 0 Å². The SMILES string of the molecule is CC(Sc1nnc(Nc2cccc(F)c2)s1)C(=O)Nc1ccccc1C(C)C. The molecule has 3 aromatic rings. The summed E-state index contributed by atoms with van der Waals surface area (Å²) in [6, 6.07) is 14.0. The molecule has 5 nitrogen and oxygen atoms in total. The molecule has 0 aliphatic heterocycles. The molecule has 1 amide bonds. The molecule has 0 bridgehead atoms. The van der Waals surface area contributed by atoms with Crippen molar-refractivity contribution >= 4 is 45.5 Å². The Kier molecular flexibility index (Phi) is 6.64. The number of rotatable bonds is 7. The van der Waals surface area contributed by atoms with Crippen LogP contribution in [0.3, 0.4) is 0 Å². The maximum Gasteiger partial charge on any atom is 0.237 e. The summed E-state index contributed by atoms with van der Waals surface area (Å²) in [5, 5.41) is 14.4. The summed E-state index contributed by atoms with van der Waals surface area (Å²) in [5.74, 6) is -0.0943. The van der Waals surface area contributed by atoms with Crippen molar-refractivity contribution in [2.75, 3.05) is 10.6 Å². The van der Waals surface area contributed by atoms with Gasteiger partial charge in [0.05, 0.1) is 5.25 Å². The molecule has 1 heterocycles. The van der Waals surface area contributed by atoms with Crippen LogP contribution in [0.1, 0.15) is 32.3 Å². The van der Waals surface area contributed by atoms with Crippen LogP contribution >= 0.6 is 23.1 Å². The van der Waals surface area contributed by atoms with Crippen molar-refractivity contribution in [1.82, 2.24) is 10.2 Å². The van der Waals surface area contributed by atoms with Gasteiger partial charge in [-0.05, 0) is 42.7 Å². The van der Waals surface area contributed by atoms with Gasteiger partial charge in [0, 0.05) is 11.4 Å². The van der Waals surface area contributed by atoms with Crippen LogP contribution in [0, 0.1) is 5.82 Å². The number of halogens is 1. The predicted molar refractivity (Wildman–Crippen MR) is 114 cm³/mol. The Labute approximate surface area is 171 Å². The number of benzene rings is 2. The molecule has 1 unspecified atom stereocenters. The number of para-hydroxylation sites is 1. The molecule has 0 fully saturated rings. The molecular weight excluding hydrogens is 395 g/mol. The van der Waals surface area contributed by atoms with Gasteiger partial charge in [0.25, 0.3) is 0 Å². The van der Waals surface area contributed by atoms with Gasteiger partial charge in [-0.2, -0.15) is 0 Å². The molecule has 0 saturated carbocycles. The van der Waals surface area contributed by atoms with E-state index in [1.165, 1.54) is 35.2 Å². The highest BCUT2D eigenvalue weighted by atomic mass is 32.2. The zero-order valence-electron chi connectivity index (χ0n) is 15.8. The van der Waals surface area contributed by atoms with Gasteiger partial charge in [0.15, 0.2) is 4.34 Å². The second-order valence-corrected chi connectivity index (χ2v) is 9.07. The summed E-state index contributed by atoms with van der Waals surface area (Å²) in [4.78, 5) is 12.6. The lowest BCUT2D eigenvalue weighted by atomic mass is 10.0. The van der Waals surface area contributed by atoms with Crippen LogP contribution in [0.4, 0.5) is 20.9 Å². The molecule has 0 spiro atoms. The van der Waals surface area contributed by atoms with Gasteiger partial charge in [0.1, 0.15) is 5.82 Å². The maximum atomic E-state index is 13.3. The summed E-state index contributed by atoms with van der Waals surface area (Å²) in [7, 11) is 0. The topological polar surface area (TPSA) is 66.9 Å². The van der Waals surface area contributed by atoms with E-state index in [9.17, 15) is 9.18 Å². The van der Waals surface area contributed by atoms with Crippen LogP contribution in [0.25, 0.3) is 0 Å². The Morgan fingerprint density at radius 2 is 1.89 bits per heavy atom. The molecule has 0 aliphatic carbocycles.